The van der Waals surface area contributed by atoms with E-state index in [0.717, 1.165) is 16.7 Å². The molecule has 1 aliphatic heterocycles. The van der Waals surface area contributed by atoms with Gasteiger partial charge < -0.3 is 36.1 Å². The monoisotopic (exact) mass is 669 g/mol. The number of thioether (sulfide) groups is 1. The number of carboxylic acids is 1. The molecule has 4 aromatic carbocycles. The molecule has 4 aromatic rings. The van der Waals surface area contributed by atoms with Gasteiger partial charge in [0.2, 0.25) is 11.8 Å². The number of unbranched alkanes of at least 4 members (excludes halogenated alkanes) is 1. The van der Waals surface area contributed by atoms with Crippen LogP contribution in [0.1, 0.15) is 71.5 Å². The van der Waals surface area contributed by atoms with Crippen molar-refractivity contribution >= 4 is 46.6 Å². The van der Waals surface area contributed by atoms with Crippen LogP contribution in [0, 0.1) is 0 Å². The molecule has 5 rings (SSSR count). The molecule has 2 amide bonds. The van der Waals surface area contributed by atoms with Gasteiger partial charge in [-0.15, -0.1) is 11.8 Å². The van der Waals surface area contributed by atoms with Crippen LogP contribution in [0.25, 0.3) is 0 Å². The molecule has 0 radical (unpaired) electrons. The van der Waals surface area contributed by atoms with Crippen LogP contribution < -0.4 is 16.4 Å². The van der Waals surface area contributed by atoms with Crippen molar-refractivity contribution in [2.75, 3.05) is 22.1 Å². The van der Waals surface area contributed by atoms with Gasteiger partial charge in [-0.25, -0.2) is 4.79 Å². The maximum Gasteiger partial charge on any atom is 0.336 e. The first-order valence-corrected chi connectivity index (χ1v) is 16.8. The van der Waals surface area contributed by atoms with Gasteiger partial charge in [0.25, 0.3) is 0 Å². The maximum atomic E-state index is 12.8. The third kappa shape index (κ3) is 9.68. The van der Waals surface area contributed by atoms with Gasteiger partial charge in [-0.2, -0.15) is 0 Å². The summed E-state index contributed by atoms with van der Waals surface area (Å²) in [5.74, 6) is -0.802. The number of aliphatic hydroxyl groups excluding tert-OH is 1. The van der Waals surface area contributed by atoms with Gasteiger partial charge in [-0.05, 0) is 60.4 Å². The Hall–Kier alpha value is -4.68. The van der Waals surface area contributed by atoms with Crippen molar-refractivity contribution in [3.05, 3.63) is 119 Å². The Labute approximate surface area is 283 Å². The zero-order valence-electron chi connectivity index (χ0n) is 26.3. The first-order valence-electron chi connectivity index (χ1n) is 15.8. The standard InChI is InChI=1S/C37H39N3O7S/c38-30-11-2-3-12-31(30)40-35(43)15-6-5-14-34(42)39-27-9-7-8-26(20-27)37-46-28(23-48-33-13-4-1-10-29(33)36(44)45)21-32(47-37)25-18-16-24(22-41)17-19-25/h1-4,7-13,16-20,28,32,37,41H,5-6,14-15,21-23,38H2,(H,39,42)(H,40,43)(H,44,45). The van der Waals surface area contributed by atoms with Crippen LogP contribution >= 0.6 is 11.8 Å². The van der Waals surface area contributed by atoms with Crippen LogP contribution in [0.4, 0.5) is 17.1 Å². The first-order chi connectivity index (χ1) is 23.3. The smallest absolute Gasteiger partial charge is 0.336 e. The summed E-state index contributed by atoms with van der Waals surface area (Å²) >= 11 is 1.42. The van der Waals surface area contributed by atoms with Gasteiger partial charge >= 0.3 is 5.97 Å². The van der Waals surface area contributed by atoms with E-state index in [1.54, 1.807) is 48.5 Å². The molecule has 0 saturated carbocycles. The summed E-state index contributed by atoms with van der Waals surface area (Å²) in [6.07, 6.45) is 0.840. The Morgan fingerprint density at radius 1 is 0.812 bits per heavy atom. The summed E-state index contributed by atoms with van der Waals surface area (Å²) in [6, 6.07) is 28.8. The number of hydrogen-bond acceptors (Lipinski definition) is 8. The molecule has 3 unspecified atom stereocenters. The number of ether oxygens (including phenoxy) is 2. The molecule has 0 spiro atoms. The molecule has 10 nitrogen and oxygen atoms in total. The molecule has 11 heteroatoms. The number of amides is 2. The van der Waals surface area contributed by atoms with Crippen LogP contribution in [-0.4, -0.2) is 39.9 Å². The van der Waals surface area contributed by atoms with Crippen LogP contribution in [0.3, 0.4) is 0 Å². The molecule has 6 N–H and O–H groups in total. The summed E-state index contributed by atoms with van der Waals surface area (Å²) in [5.41, 5.74) is 10.3. The van der Waals surface area contributed by atoms with Gasteiger partial charge in [0.15, 0.2) is 6.29 Å². The molecule has 48 heavy (non-hydrogen) atoms. The lowest BCUT2D eigenvalue weighted by Gasteiger charge is -2.36. The maximum absolute atomic E-state index is 12.8. The van der Waals surface area contributed by atoms with E-state index < -0.39 is 12.3 Å². The van der Waals surface area contributed by atoms with Crippen LogP contribution in [-0.2, 0) is 25.7 Å². The molecule has 1 heterocycles. The number of nitrogens with two attached hydrogens (primary N) is 1. The predicted molar refractivity (Wildman–Crippen MR) is 186 cm³/mol. The second-order valence-electron chi connectivity index (χ2n) is 11.5. The number of nitrogens with one attached hydrogen (secondary N) is 2. The summed E-state index contributed by atoms with van der Waals surface area (Å²) in [7, 11) is 0. The largest absolute Gasteiger partial charge is 0.478 e. The van der Waals surface area contributed by atoms with Gasteiger partial charge in [0.1, 0.15) is 0 Å². The zero-order valence-corrected chi connectivity index (χ0v) is 27.2. The lowest BCUT2D eigenvalue weighted by atomic mass is 10.0. The van der Waals surface area contributed by atoms with Crippen molar-refractivity contribution in [2.45, 2.75) is 62.1 Å². The number of carbonyl (C=O) groups excluding carboxylic acids is 2. The van der Waals surface area contributed by atoms with Gasteiger partial charge in [-0.1, -0.05) is 60.7 Å². The fourth-order valence-corrected chi connectivity index (χ4v) is 6.42. The van der Waals surface area contributed by atoms with Crippen molar-refractivity contribution in [3.8, 4) is 0 Å². The second kappa shape index (κ2) is 16.9. The van der Waals surface area contributed by atoms with E-state index in [4.69, 9.17) is 15.2 Å². The predicted octanol–water partition coefficient (Wildman–Crippen LogP) is 6.93. The fourth-order valence-electron chi connectivity index (χ4n) is 5.36. The lowest BCUT2D eigenvalue weighted by Crippen LogP contribution is -2.31. The minimum Gasteiger partial charge on any atom is -0.478 e. The minimum atomic E-state index is -0.983. The summed E-state index contributed by atoms with van der Waals surface area (Å²) < 4.78 is 12.9. The number of hydrogen-bond donors (Lipinski definition) is 5. The number of aliphatic hydroxyl groups is 1. The molecule has 0 bridgehead atoms. The number of aromatic carboxylic acids is 1. The van der Waals surface area contributed by atoms with Crippen molar-refractivity contribution in [1.29, 1.82) is 0 Å². The quantitative estimate of drug-likeness (QED) is 0.0545. The number of para-hydroxylation sites is 2. The van der Waals surface area contributed by atoms with E-state index in [0.29, 0.717) is 47.0 Å². The van der Waals surface area contributed by atoms with Crippen LogP contribution in [0.15, 0.2) is 102 Å². The molecule has 1 saturated heterocycles. The SMILES string of the molecule is Nc1ccccc1NC(=O)CCCCC(=O)Nc1cccc(C2OC(CSc3ccccc3C(=O)O)CC(c3ccc(CO)cc3)O2)c1. The number of nitrogen functional groups attached to an aromatic ring is 1. The summed E-state index contributed by atoms with van der Waals surface area (Å²) in [5, 5.41) is 24.9. The Bertz CT molecular complexity index is 1720. The number of rotatable bonds is 14. The normalized spacial score (nSPS) is 17.4. The summed E-state index contributed by atoms with van der Waals surface area (Å²) in [4.78, 5) is 37.5. The number of carbonyl (C=O) groups is 3. The van der Waals surface area contributed by atoms with E-state index >= 15 is 0 Å². The lowest BCUT2D eigenvalue weighted by molar-refractivity contribution is -0.245. The third-order valence-corrected chi connectivity index (χ3v) is 9.10. The third-order valence-electron chi connectivity index (χ3n) is 7.89. The average Bonchev–Trinajstić information content (AvgIpc) is 3.10. The van der Waals surface area contributed by atoms with Crippen molar-refractivity contribution < 1.29 is 34.1 Å². The Morgan fingerprint density at radius 3 is 2.25 bits per heavy atom. The molecule has 250 valence electrons. The number of benzene rings is 4. The second-order valence-corrected chi connectivity index (χ2v) is 12.5. The fraction of sp³-hybridized carbons (Fsp3) is 0.270. The molecular formula is C37H39N3O7S. The molecule has 0 aromatic heterocycles. The topological polar surface area (TPSA) is 160 Å². The van der Waals surface area contributed by atoms with E-state index in [9.17, 15) is 24.6 Å². The van der Waals surface area contributed by atoms with Gasteiger partial charge in [-0.3, -0.25) is 9.59 Å². The Kier molecular flexibility index (Phi) is 12.2. The van der Waals surface area contributed by atoms with Crippen LogP contribution in [0.5, 0.6) is 0 Å². The molecule has 0 aliphatic carbocycles. The molecular weight excluding hydrogens is 630 g/mol. The van der Waals surface area contributed by atoms with Crippen molar-refractivity contribution in [1.82, 2.24) is 0 Å². The van der Waals surface area contributed by atoms with Crippen molar-refractivity contribution in [3.63, 3.8) is 0 Å². The highest BCUT2D eigenvalue weighted by atomic mass is 32.2. The minimum absolute atomic E-state index is 0.0581. The molecule has 1 aliphatic rings. The summed E-state index contributed by atoms with van der Waals surface area (Å²) in [6.45, 7) is -0.0581. The molecule has 3 atom stereocenters. The number of anilines is 3. The highest BCUT2D eigenvalue weighted by molar-refractivity contribution is 7.99. The molecule has 1 fully saturated rings. The van der Waals surface area contributed by atoms with Gasteiger partial charge in [0.05, 0.1) is 35.8 Å². The van der Waals surface area contributed by atoms with E-state index in [2.05, 4.69) is 10.6 Å². The van der Waals surface area contributed by atoms with E-state index in [-0.39, 0.29) is 49.0 Å². The first kappa shape index (κ1) is 34.6. The number of carboxylic acid groups (broad SMARTS) is 1. The Morgan fingerprint density at radius 2 is 1.52 bits per heavy atom. The highest BCUT2D eigenvalue weighted by Crippen LogP contribution is 2.40. The average molecular weight is 670 g/mol. The Balaban J connectivity index is 1.20. The zero-order chi connectivity index (χ0) is 33.9. The van der Waals surface area contributed by atoms with Crippen molar-refractivity contribution in [2.24, 2.45) is 0 Å². The van der Waals surface area contributed by atoms with Gasteiger partial charge in [0, 0.05) is 41.2 Å². The van der Waals surface area contributed by atoms with E-state index in [1.807, 2.05) is 48.5 Å². The van der Waals surface area contributed by atoms with Crippen LogP contribution in [0.2, 0.25) is 0 Å². The van der Waals surface area contributed by atoms with E-state index in [1.165, 1.54) is 11.8 Å². The highest BCUT2D eigenvalue weighted by Gasteiger charge is 2.32.